The molecule has 0 radical (unpaired) electrons. The van der Waals surface area contributed by atoms with E-state index in [4.69, 9.17) is 9.47 Å². The summed E-state index contributed by atoms with van der Waals surface area (Å²) in [5.41, 5.74) is 5.07. The highest BCUT2D eigenvalue weighted by Crippen LogP contribution is 2.44. The van der Waals surface area contributed by atoms with Crippen molar-refractivity contribution in [3.8, 4) is 22.6 Å². The van der Waals surface area contributed by atoms with Gasteiger partial charge >= 0.3 is 0 Å². The molecule has 1 aliphatic rings. The van der Waals surface area contributed by atoms with Gasteiger partial charge in [0.25, 0.3) is 0 Å². The first kappa shape index (κ1) is 20.7. The Hall–Kier alpha value is -2.52. The molecular weight excluding hydrogens is 370 g/mol. The number of benzene rings is 3. The minimum Gasteiger partial charge on any atom is -0.496 e. The summed E-state index contributed by atoms with van der Waals surface area (Å²) in [5.74, 6) is 1.77. The molecule has 1 saturated heterocycles. The van der Waals surface area contributed by atoms with Crippen LogP contribution in [-0.2, 0) is 6.54 Å². The molecule has 0 saturated carbocycles. The van der Waals surface area contributed by atoms with Crippen LogP contribution in [0.25, 0.3) is 21.9 Å². The Morgan fingerprint density at radius 2 is 1.70 bits per heavy atom. The van der Waals surface area contributed by atoms with Gasteiger partial charge in [0.2, 0.25) is 0 Å². The first-order valence-electron chi connectivity index (χ1n) is 10.9. The summed E-state index contributed by atoms with van der Waals surface area (Å²) in [6, 6.07) is 17.2. The lowest BCUT2D eigenvalue weighted by Crippen LogP contribution is -2.39. The molecule has 0 aromatic heterocycles. The molecule has 1 heterocycles. The molecule has 3 aromatic carbocycles. The van der Waals surface area contributed by atoms with Crippen molar-refractivity contribution in [1.82, 2.24) is 4.90 Å². The molecule has 0 spiro atoms. The van der Waals surface area contributed by atoms with E-state index in [9.17, 15) is 0 Å². The second-order valence-electron chi connectivity index (χ2n) is 9.29. The minimum absolute atomic E-state index is 0.369. The van der Waals surface area contributed by atoms with Gasteiger partial charge in [0.1, 0.15) is 11.5 Å². The summed E-state index contributed by atoms with van der Waals surface area (Å²) >= 11 is 0. The monoisotopic (exact) mass is 403 g/mol. The first-order chi connectivity index (χ1) is 14.4. The zero-order valence-corrected chi connectivity index (χ0v) is 18.9. The van der Waals surface area contributed by atoms with Gasteiger partial charge in [-0.3, -0.25) is 4.90 Å². The van der Waals surface area contributed by atoms with Gasteiger partial charge in [0.15, 0.2) is 0 Å². The van der Waals surface area contributed by atoms with E-state index in [0.717, 1.165) is 42.3 Å². The number of ether oxygens (including phenoxy) is 2. The highest BCUT2D eigenvalue weighted by Gasteiger charge is 2.27. The zero-order chi connectivity index (χ0) is 21.3. The summed E-state index contributed by atoms with van der Waals surface area (Å²) < 4.78 is 11.8. The fraction of sp³-hybridized carbons (Fsp3) is 0.407. The second kappa shape index (κ2) is 8.31. The van der Waals surface area contributed by atoms with E-state index in [1.807, 2.05) is 0 Å². The van der Waals surface area contributed by atoms with Crippen LogP contribution in [0.3, 0.4) is 0 Å². The Balaban J connectivity index is 1.84. The van der Waals surface area contributed by atoms with Gasteiger partial charge in [-0.2, -0.15) is 0 Å². The maximum atomic E-state index is 6.04. The smallest absolute Gasteiger partial charge is 0.134 e. The number of aryl methyl sites for hydroxylation is 1. The average Bonchev–Trinajstić information content (AvgIpc) is 2.72. The largest absolute Gasteiger partial charge is 0.496 e. The standard InChI is InChI=1S/C27H33NO2/c1-19-9-6-11-22-21(19)10-7-12-23(22)25-24(29-4)14-13-20(26(25)30-5)17-28-16-8-15-27(2,3)18-28/h6-7,9-14H,8,15-18H2,1-5H3. The Morgan fingerprint density at radius 1 is 0.933 bits per heavy atom. The van der Waals surface area contributed by atoms with Crippen molar-refractivity contribution in [2.45, 2.75) is 40.2 Å². The summed E-state index contributed by atoms with van der Waals surface area (Å²) in [5, 5.41) is 2.49. The SMILES string of the molecule is COc1ccc(CN2CCCC(C)(C)C2)c(OC)c1-c1cccc2c(C)cccc12. The van der Waals surface area contributed by atoms with Gasteiger partial charge in [0, 0.05) is 18.7 Å². The molecule has 0 unspecified atom stereocenters. The van der Waals surface area contributed by atoms with Crippen LogP contribution in [0.1, 0.15) is 37.8 Å². The number of rotatable bonds is 5. The molecule has 0 atom stereocenters. The van der Waals surface area contributed by atoms with Gasteiger partial charge < -0.3 is 9.47 Å². The lowest BCUT2D eigenvalue weighted by molar-refractivity contribution is 0.111. The Bertz CT molecular complexity index is 1050. The highest BCUT2D eigenvalue weighted by molar-refractivity contribution is 6.01. The first-order valence-corrected chi connectivity index (χ1v) is 10.9. The van der Waals surface area contributed by atoms with Crippen LogP contribution >= 0.6 is 0 Å². The molecule has 30 heavy (non-hydrogen) atoms. The molecule has 3 heteroatoms. The van der Waals surface area contributed by atoms with E-state index in [1.54, 1.807) is 14.2 Å². The fourth-order valence-electron chi connectivity index (χ4n) is 5.00. The molecule has 0 N–H and O–H groups in total. The second-order valence-corrected chi connectivity index (χ2v) is 9.29. The molecular formula is C27H33NO2. The third-order valence-electron chi connectivity index (χ3n) is 6.41. The highest BCUT2D eigenvalue weighted by atomic mass is 16.5. The van der Waals surface area contributed by atoms with Crippen LogP contribution in [0.4, 0.5) is 0 Å². The number of piperidine rings is 1. The van der Waals surface area contributed by atoms with Crippen molar-refractivity contribution in [3.05, 3.63) is 59.7 Å². The topological polar surface area (TPSA) is 21.7 Å². The van der Waals surface area contributed by atoms with Gasteiger partial charge in [-0.15, -0.1) is 0 Å². The summed E-state index contributed by atoms with van der Waals surface area (Å²) in [6.07, 6.45) is 2.55. The van der Waals surface area contributed by atoms with Crippen molar-refractivity contribution in [3.63, 3.8) is 0 Å². The van der Waals surface area contributed by atoms with Gasteiger partial charge in [0.05, 0.1) is 19.8 Å². The summed E-state index contributed by atoms with van der Waals surface area (Å²) in [6.45, 7) is 10.1. The van der Waals surface area contributed by atoms with Crippen LogP contribution in [0.2, 0.25) is 0 Å². The zero-order valence-electron chi connectivity index (χ0n) is 18.9. The number of nitrogens with zero attached hydrogens (tertiary/aromatic N) is 1. The third kappa shape index (κ3) is 3.91. The lowest BCUT2D eigenvalue weighted by atomic mass is 9.84. The van der Waals surface area contributed by atoms with E-state index in [-0.39, 0.29) is 0 Å². The van der Waals surface area contributed by atoms with Crippen LogP contribution in [0.15, 0.2) is 48.5 Å². The third-order valence-corrected chi connectivity index (χ3v) is 6.41. The molecule has 1 fully saturated rings. The van der Waals surface area contributed by atoms with Crippen LogP contribution < -0.4 is 9.47 Å². The maximum absolute atomic E-state index is 6.04. The number of likely N-dealkylation sites (tertiary alicyclic amines) is 1. The molecule has 3 nitrogen and oxygen atoms in total. The maximum Gasteiger partial charge on any atom is 0.134 e. The van der Waals surface area contributed by atoms with Crippen molar-refractivity contribution in [1.29, 1.82) is 0 Å². The number of methoxy groups -OCH3 is 2. The lowest BCUT2D eigenvalue weighted by Gasteiger charge is -2.38. The van der Waals surface area contributed by atoms with Crippen molar-refractivity contribution < 1.29 is 9.47 Å². The number of hydrogen-bond donors (Lipinski definition) is 0. The summed E-state index contributed by atoms with van der Waals surface area (Å²) in [4.78, 5) is 2.56. The van der Waals surface area contributed by atoms with E-state index in [1.165, 1.54) is 34.7 Å². The molecule has 0 bridgehead atoms. The molecule has 4 rings (SSSR count). The van der Waals surface area contributed by atoms with Crippen molar-refractivity contribution in [2.24, 2.45) is 5.41 Å². The van der Waals surface area contributed by atoms with E-state index in [2.05, 4.69) is 74.2 Å². The number of fused-ring (bicyclic) bond motifs is 1. The minimum atomic E-state index is 0.369. The van der Waals surface area contributed by atoms with Crippen LogP contribution in [-0.4, -0.2) is 32.2 Å². The van der Waals surface area contributed by atoms with Gasteiger partial charge in [-0.05, 0) is 59.7 Å². The quantitative estimate of drug-likeness (QED) is 0.488. The predicted molar refractivity (Wildman–Crippen MR) is 126 cm³/mol. The Labute approximate surface area is 180 Å². The molecule has 1 aliphatic heterocycles. The fourth-order valence-corrected chi connectivity index (χ4v) is 5.00. The molecule has 0 aliphatic carbocycles. The van der Waals surface area contributed by atoms with Crippen LogP contribution in [0.5, 0.6) is 11.5 Å². The number of hydrogen-bond acceptors (Lipinski definition) is 3. The normalized spacial score (nSPS) is 16.6. The Morgan fingerprint density at radius 3 is 2.43 bits per heavy atom. The van der Waals surface area contributed by atoms with E-state index < -0.39 is 0 Å². The van der Waals surface area contributed by atoms with E-state index in [0.29, 0.717) is 5.41 Å². The van der Waals surface area contributed by atoms with Crippen LogP contribution in [0, 0.1) is 12.3 Å². The molecule has 0 amide bonds. The van der Waals surface area contributed by atoms with Gasteiger partial charge in [-0.1, -0.05) is 56.3 Å². The molecule has 158 valence electrons. The average molecular weight is 404 g/mol. The summed E-state index contributed by atoms with van der Waals surface area (Å²) in [7, 11) is 3.51. The van der Waals surface area contributed by atoms with E-state index >= 15 is 0 Å². The predicted octanol–water partition coefficient (Wildman–Crippen LogP) is 6.45. The Kier molecular flexibility index (Phi) is 5.75. The molecule has 3 aromatic rings. The van der Waals surface area contributed by atoms with Gasteiger partial charge in [-0.25, -0.2) is 0 Å². The van der Waals surface area contributed by atoms with Crippen molar-refractivity contribution in [2.75, 3.05) is 27.3 Å². The van der Waals surface area contributed by atoms with Crippen molar-refractivity contribution >= 4 is 10.8 Å².